The van der Waals surface area contributed by atoms with Crippen LogP contribution in [0.2, 0.25) is 0 Å². The molecule has 120 valence electrons. The summed E-state index contributed by atoms with van der Waals surface area (Å²) < 4.78 is 0. The summed E-state index contributed by atoms with van der Waals surface area (Å²) in [6.07, 6.45) is 11.7. The fourth-order valence-corrected chi connectivity index (χ4v) is 6.92. The van der Waals surface area contributed by atoms with E-state index in [9.17, 15) is 10.4 Å². The first-order chi connectivity index (χ1) is 10.5. The van der Waals surface area contributed by atoms with Gasteiger partial charge in [0.1, 0.15) is 0 Å². The van der Waals surface area contributed by atoms with Gasteiger partial charge in [-0.3, -0.25) is 0 Å². The maximum absolute atomic E-state index is 10.1. The van der Waals surface area contributed by atoms with Crippen molar-refractivity contribution in [2.24, 2.45) is 34.5 Å². The van der Waals surface area contributed by atoms with Gasteiger partial charge in [-0.15, -0.1) is 0 Å². The largest absolute Gasteiger partial charge is 0.393 e. The van der Waals surface area contributed by atoms with Crippen molar-refractivity contribution in [3.05, 3.63) is 11.6 Å². The third kappa shape index (κ3) is 1.94. The first-order valence-electron chi connectivity index (χ1n) is 9.26. The Balaban J connectivity index is 1.63. The molecule has 0 unspecified atom stereocenters. The molecule has 0 amide bonds. The average Bonchev–Trinajstić information content (AvgIpc) is 2.85. The van der Waals surface area contributed by atoms with Crippen LogP contribution in [-0.2, 0) is 0 Å². The van der Waals surface area contributed by atoms with Crippen molar-refractivity contribution in [1.29, 1.82) is 5.26 Å². The summed E-state index contributed by atoms with van der Waals surface area (Å²) in [5.41, 5.74) is 1.77. The lowest BCUT2D eigenvalue weighted by molar-refractivity contribution is -0.116. The summed E-state index contributed by atoms with van der Waals surface area (Å²) >= 11 is 0. The van der Waals surface area contributed by atoms with Crippen molar-refractivity contribution < 1.29 is 5.11 Å². The number of allylic oxidation sites excluding steroid dienone is 2. The Morgan fingerprint density at radius 2 is 1.95 bits per heavy atom. The maximum atomic E-state index is 10.1. The van der Waals surface area contributed by atoms with E-state index >= 15 is 0 Å². The third-order valence-corrected chi connectivity index (χ3v) is 8.16. The van der Waals surface area contributed by atoms with E-state index in [0.29, 0.717) is 11.3 Å². The first kappa shape index (κ1) is 14.8. The zero-order valence-corrected chi connectivity index (χ0v) is 14.0. The van der Waals surface area contributed by atoms with E-state index in [1.54, 1.807) is 0 Å². The molecule has 0 aromatic heterocycles. The molecule has 4 aliphatic rings. The molecule has 4 rings (SSSR count). The van der Waals surface area contributed by atoms with E-state index < -0.39 is 0 Å². The van der Waals surface area contributed by atoms with Gasteiger partial charge in [0.25, 0.3) is 0 Å². The summed E-state index contributed by atoms with van der Waals surface area (Å²) in [6, 6.07) is 2.44. The Labute approximate surface area is 134 Å². The average molecular weight is 299 g/mol. The normalized spacial score (nSPS) is 53.7. The number of hydrogen-bond donors (Lipinski definition) is 1. The molecular formula is C20H29NO. The highest BCUT2D eigenvalue weighted by Crippen LogP contribution is 2.65. The lowest BCUT2D eigenvalue weighted by atomic mass is 9.45. The van der Waals surface area contributed by atoms with Crippen LogP contribution in [0.4, 0.5) is 0 Å². The van der Waals surface area contributed by atoms with Crippen molar-refractivity contribution in [2.45, 2.75) is 71.3 Å². The van der Waals surface area contributed by atoms with Crippen LogP contribution in [0.1, 0.15) is 65.2 Å². The standard InChI is InChI=1S/C20H29NO/c1-19-7-6-17-16(18(19)9-13(11-19)12-21)4-3-14-10-15(22)5-8-20(14,17)2/h11,14-18,22H,3-10H2,1-2H3/t14-,15-,16-,17+,18+,19-,20+/m0/s1. The van der Waals surface area contributed by atoms with Crippen LogP contribution in [0.5, 0.6) is 0 Å². The summed E-state index contributed by atoms with van der Waals surface area (Å²) in [5.74, 6) is 3.05. The fraction of sp³-hybridized carbons (Fsp3) is 0.850. The number of rotatable bonds is 0. The molecule has 3 fully saturated rings. The predicted molar refractivity (Wildman–Crippen MR) is 86.8 cm³/mol. The Kier molecular flexibility index (Phi) is 3.25. The summed E-state index contributed by atoms with van der Waals surface area (Å²) in [7, 11) is 0. The molecule has 3 saturated carbocycles. The molecule has 0 aliphatic heterocycles. The van der Waals surface area contributed by atoms with Gasteiger partial charge in [-0.25, -0.2) is 0 Å². The Bertz CT molecular complexity index is 546. The Morgan fingerprint density at radius 1 is 1.14 bits per heavy atom. The molecule has 0 heterocycles. The third-order valence-electron chi connectivity index (χ3n) is 8.16. The van der Waals surface area contributed by atoms with Crippen LogP contribution in [0, 0.1) is 45.8 Å². The van der Waals surface area contributed by atoms with Crippen LogP contribution in [0.25, 0.3) is 0 Å². The van der Waals surface area contributed by atoms with Crippen molar-refractivity contribution in [3.63, 3.8) is 0 Å². The Hall–Kier alpha value is -0.810. The van der Waals surface area contributed by atoms with Crippen LogP contribution in [-0.4, -0.2) is 11.2 Å². The van der Waals surface area contributed by atoms with Gasteiger partial charge in [0.2, 0.25) is 0 Å². The number of nitrogens with zero attached hydrogens (tertiary/aromatic N) is 1. The van der Waals surface area contributed by atoms with Crippen molar-refractivity contribution >= 4 is 0 Å². The molecule has 0 aromatic carbocycles. The molecule has 2 nitrogen and oxygen atoms in total. The van der Waals surface area contributed by atoms with Gasteiger partial charge >= 0.3 is 0 Å². The maximum Gasteiger partial charge on any atom is 0.0944 e. The van der Waals surface area contributed by atoms with Crippen molar-refractivity contribution in [2.75, 3.05) is 0 Å². The SMILES string of the molecule is C[C@@]12CC[C@H](O)C[C@@H]1CC[C@H]1[C@H]2CC[C@@]2(C)C=C(C#N)C[C@H]12. The van der Waals surface area contributed by atoms with E-state index in [1.165, 1.54) is 32.1 Å². The van der Waals surface area contributed by atoms with Gasteiger partial charge in [-0.05, 0) is 85.9 Å². The number of aliphatic hydroxyl groups is 1. The second kappa shape index (κ2) is 4.84. The molecule has 1 N–H and O–H groups in total. The van der Waals surface area contributed by atoms with Crippen LogP contribution in [0.3, 0.4) is 0 Å². The molecule has 4 aliphatic carbocycles. The second-order valence-electron chi connectivity index (χ2n) is 9.12. The number of aliphatic hydroxyl groups excluding tert-OH is 1. The highest BCUT2D eigenvalue weighted by Gasteiger charge is 2.57. The van der Waals surface area contributed by atoms with Crippen molar-refractivity contribution in [3.8, 4) is 6.07 Å². The lowest BCUT2D eigenvalue weighted by Crippen LogP contribution is -2.53. The summed E-state index contributed by atoms with van der Waals surface area (Å²) in [4.78, 5) is 0. The van der Waals surface area contributed by atoms with E-state index in [0.717, 1.165) is 42.6 Å². The minimum atomic E-state index is -0.0539. The number of hydrogen-bond acceptors (Lipinski definition) is 2. The van der Waals surface area contributed by atoms with Gasteiger partial charge in [-0.1, -0.05) is 19.9 Å². The topological polar surface area (TPSA) is 44.0 Å². The highest BCUT2D eigenvalue weighted by atomic mass is 16.3. The molecule has 0 bridgehead atoms. The molecular weight excluding hydrogens is 270 g/mol. The van der Waals surface area contributed by atoms with Gasteiger partial charge in [0.05, 0.1) is 12.2 Å². The molecule has 2 heteroatoms. The number of nitriles is 1. The van der Waals surface area contributed by atoms with Gasteiger partial charge in [0.15, 0.2) is 0 Å². The van der Waals surface area contributed by atoms with Crippen LogP contribution >= 0.6 is 0 Å². The number of fused-ring (bicyclic) bond motifs is 5. The fourth-order valence-electron chi connectivity index (χ4n) is 6.92. The second-order valence-corrected chi connectivity index (χ2v) is 9.12. The first-order valence-corrected chi connectivity index (χ1v) is 9.26. The minimum absolute atomic E-state index is 0.0539. The Morgan fingerprint density at radius 3 is 2.73 bits per heavy atom. The van der Waals surface area contributed by atoms with E-state index in [2.05, 4.69) is 26.0 Å². The minimum Gasteiger partial charge on any atom is -0.393 e. The smallest absolute Gasteiger partial charge is 0.0944 e. The van der Waals surface area contributed by atoms with Crippen molar-refractivity contribution in [1.82, 2.24) is 0 Å². The van der Waals surface area contributed by atoms with E-state index in [1.807, 2.05) is 0 Å². The predicted octanol–water partition coefficient (Wildman–Crippen LogP) is 4.45. The van der Waals surface area contributed by atoms with E-state index in [-0.39, 0.29) is 11.5 Å². The molecule has 0 spiro atoms. The molecule has 22 heavy (non-hydrogen) atoms. The van der Waals surface area contributed by atoms with Gasteiger partial charge in [-0.2, -0.15) is 5.26 Å². The zero-order valence-electron chi connectivity index (χ0n) is 14.0. The van der Waals surface area contributed by atoms with E-state index in [4.69, 9.17) is 0 Å². The monoisotopic (exact) mass is 299 g/mol. The lowest BCUT2D eigenvalue weighted by Gasteiger charge is -2.60. The molecule has 0 aromatic rings. The van der Waals surface area contributed by atoms with Gasteiger partial charge in [0, 0.05) is 5.57 Å². The van der Waals surface area contributed by atoms with Crippen LogP contribution in [0.15, 0.2) is 11.6 Å². The van der Waals surface area contributed by atoms with Gasteiger partial charge < -0.3 is 5.11 Å². The highest BCUT2D eigenvalue weighted by molar-refractivity contribution is 5.32. The summed E-state index contributed by atoms with van der Waals surface area (Å²) in [6.45, 7) is 4.92. The zero-order chi connectivity index (χ0) is 15.5. The quantitative estimate of drug-likeness (QED) is 0.718. The molecule has 7 atom stereocenters. The summed E-state index contributed by atoms with van der Waals surface area (Å²) in [5, 5.41) is 19.4. The molecule has 0 radical (unpaired) electrons. The van der Waals surface area contributed by atoms with Crippen LogP contribution < -0.4 is 0 Å². The molecule has 0 saturated heterocycles.